The van der Waals surface area contributed by atoms with E-state index in [0.29, 0.717) is 18.5 Å². The van der Waals surface area contributed by atoms with Gasteiger partial charge in [-0.25, -0.2) is 0 Å². The minimum Gasteiger partial charge on any atom is -0.323 e. The van der Waals surface area contributed by atoms with Gasteiger partial charge in [0.15, 0.2) is 0 Å². The average molecular weight is 324 g/mol. The lowest BCUT2D eigenvalue weighted by Crippen LogP contribution is -2.29. The Kier molecular flexibility index (Phi) is 3.55. The molecule has 0 atom stereocenters. The standard InChI is InChI=1S/C14H11F3N4O2/c15-14(16,17)11-9-4-2-7(5-10(9)20-21-11)1-3-8-6-18-12(22)13(23)19-8/h2,4-6H,1,3H2,(H,18,22)(H,19,23)(H,20,21). The fourth-order valence-corrected chi connectivity index (χ4v) is 2.30. The highest BCUT2D eigenvalue weighted by molar-refractivity contribution is 5.82. The predicted octanol–water partition coefficient (Wildman–Crippen LogP) is 1.74. The van der Waals surface area contributed by atoms with Crippen molar-refractivity contribution in [2.45, 2.75) is 19.0 Å². The summed E-state index contributed by atoms with van der Waals surface area (Å²) in [7, 11) is 0. The number of H-pyrrole nitrogens is 3. The molecule has 0 aliphatic heterocycles. The van der Waals surface area contributed by atoms with Gasteiger partial charge in [-0.05, 0) is 24.5 Å². The van der Waals surface area contributed by atoms with Gasteiger partial charge in [0.1, 0.15) is 5.69 Å². The van der Waals surface area contributed by atoms with E-state index >= 15 is 0 Å². The van der Waals surface area contributed by atoms with Gasteiger partial charge in [0.05, 0.1) is 5.52 Å². The molecule has 9 heteroatoms. The molecule has 0 aliphatic rings. The highest BCUT2D eigenvalue weighted by Gasteiger charge is 2.34. The molecule has 0 bridgehead atoms. The molecule has 0 radical (unpaired) electrons. The van der Waals surface area contributed by atoms with Gasteiger partial charge in [0.25, 0.3) is 0 Å². The Morgan fingerprint density at radius 2 is 1.87 bits per heavy atom. The third kappa shape index (κ3) is 3.03. The highest BCUT2D eigenvalue weighted by Crippen LogP contribution is 2.33. The van der Waals surface area contributed by atoms with Crippen LogP contribution in [-0.4, -0.2) is 20.2 Å². The number of aryl methyl sites for hydroxylation is 2. The summed E-state index contributed by atoms with van der Waals surface area (Å²) in [4.78, 5) is 26.9. The summed E-state index contributed by atoms with van der Waals surface area (Å²) in [5, 5.41) is 5.70. The molecule has 0 spiro atoms. The van der Waals surface area contributed by atoms with Gasteiger partial charge in [0.2, 0.25) is 0 Å². The van der Waals surface area contributed by atoms with E-state index in [4.69, 9.17) is 0 Å². The van der Waals surface area contributed by atoms with Crippen LogP contribution in [0.2, 0.25) is 0 Å². The van der Waals surface area contributed by atoms with Crippen molar-refractivity contribution in [2.24, 2.45) is 0 Å². The molecule has 2 heterocycles. The van der Waals surface area contributed by atoms with Gasteiger partial charge in [-0.1, -0.05) is 12.1 Å². The van der Waals surface area contributed by atoms with Gasteiger partial charge in [-0.2, -0.15) is 18.3 Å². The summed E-state index contributed by atoms with van der Waals surface area (Å²) >= 11 is 0. The number of nitrogens with one attached hydrogen (secondary N) is 3. The lowest BCUT2D eigenvalue weighted by molar-refractivity contribution is -0.139. The maximum atomic E-state index is 12.8. The van der Waals surface area contributed by atoms with E-state index in [0.717, 1.165) is 5.56 Å². The number of aromatic nitrogens is 4. The predicted molar refractivity (Wildman–Crippen MR) is 76.2 cm³/mol. The minimum atomic E-state index is -4.48. The van der Waals surface area contributed by atoms with E-state index in [-0.39, 0.29) is 10.9 Å². The van der Waals surface area contributed by atoms with Crippen molar-refractivity contribution in [3.63, 3.8) is 0 Å². The quantitative estimate of drug-likeness (QED) is 0.641. The molecule has 120 valence electrons. The number of nitrogens with zero attached hydrogens (tertiary/aromatic N) is 1. The first-order chi connectivity index (χ1) is 10.8. The molecule has 0 saturated carbocycles. The van der Waals surface area contributed by atoms with Gasteiger partial charge in [-0.15, -0.1) is 0 Å². The van der Waals surface area contributed by atoms with Crippen LogP contribution >= 0.6 is 0 Å². The SMILES string of the molecule is O=c1[nH]cc(CCc2ccc3c(C(F)(F)F)[nH]nc3c2)[nH]c1=O. The molecule has 0 amide bonds. The second-order valence-electron chi connectivity index (χ2n) is 5.05. The Hall–Kier alpha value is -2.84. The van der Waals surface area contributed by atoms with E-state index in [9.17, 15) is 22.8 Å². The Bertz CT molecular complexity index is 968. The first-order valence-corrected chi connectivity index (χ1v) is 6.69. The molecule has 3 rings (SSSR count). The summed E-state index contributed by atoms with van der Waals surface area (Å²) in [6.45, 7) is 0. The summed E-state index contributed by atoms with van der Waals surface area (Å²) < 4.78 is 38.3. The summed E-state index contributed by atoms with van der Waals surface area (Å²) in [6.07, 6.45) is -2.18. The fourth-order valence-electron chi connectivity index (χ4n) is 2.30. The number of hydrogen-bond acceptors (Lipinski definition) is 3. The largest absolute Gasteiger partial charge is 0.433 e. The molecule has 3 aromatic rings. The van der Waals surface area contributed by atoms with Crippen molar-refractivity contribution in [3.05, 3.63) is 62.1 Å². The molecule has 0 saturated heterocycles. The van der Waals surface area contributed by atoms with Crippen LogP contribution in [0.25, 0.3) is 10.9 Å². The van der Waals surface area contributed by atoms with Gasteiger partial charge in [-0.3, -0.25) is 14.7 Å². The summed E-state index contributed by atoms with van der Waals surface area (Å²) in [5.74, 6) is 0. The highest BCUT2D eigenvalue weighted by atomic mass is 19.4. The first kappa shape index (κ1) is 15.1. The lowest BCUT2D eigenvalue weighted by Gasteiger charge is -2.04. The number of fused-ring (bicyclic) bond motifs is 1. The molecule has 2 aromatic heterocycles. The van der Waals surface area contributed by atoms with Gasteiger partial charge < -0.3 is 9.97 Å². The maximum absolute atomic E-state index is 12.8. The Labute approximate surface area is 126 Å². The fraction of sp³-hybridized carbons (Fsp3) is 0.214. The molecule has 23 heavy (non-hydrogen) atoms. The summed E-state index contributed by atoms with van der Waals surface area (Å²) in [6, 6.07) is 4.51. The van der Waals surface area contributed by atoms with Gasteiger partial charge >= 0.3 is 17.3 Å². The van der Waals surface area contributed by atoms with Crippen molar-refractivity contribution in [2.75, 3.05) is 0 Å². The molecular weight excluding hydrogens is 313 g/mol. The number of alkyl halides is 3. The zero-order chi connectivity index (χ0) is 16.6. The number of halogens is 3. The van der Waals surface area contributed by atoms with Crippen molar-refractivity contribution in [1.29, 1.82) is 0 Å². The van der Waals surface area contributed by atoms with E-state index < -0.39 is 23.0 Å². The van der Waals surface area contributed by atoms with Crippen LogP contribution in [0.15, 0.2) is 34.0 Å². The summed E-state index contributed by atoms with van der Waals surface area (Å²) in [5.41, 5.74) is -0.808. The molecule has 3 N–H and O–H groups in total. The van der Waals surface area contributed by atoms with E-state index in [1.54, 1.807) is 12.1 Å². The van der Waals surface area contributed by atoms with Crippen molar-refractivity contribution in [3.8, 4) is 0 Å². The lowest BCUT2D eigenvalue weighted by atomic mass is 10.1. The van der Waals surface area contributed by atoms with Crippen LogP contribution < -0.4 is 11.1 Å². The number of rotatable bonds is 3. The Morgan fingerprint density at radius 3 is 2.57 bits per heavy atom. The second-order valence-corrected chi connectivity index (χ2v) is 5.05. The second kappa shape index (κ2) is 5.41. The number of benzene rings is 1. The van der Waals surface area contributed by atoms with E-state index in [1.807, 2.05) is 5.10 Å². The third-order valence-electron chi connectivity index (χ3n) is 3.44. The molecule has 0 fully saturated rings. The van der Waals surface area contributed by atoms with E-state index in [1.165, 1.54) is 12.3 Å². The van der Waals surface area contributed by atoms with Crippen LogP contribution in [0.3, 0.4) is 0 Å². The van der Waals surface area contributed by atoms with Crippen LogP contribution in [0.1, 0.15) is 17.0 Å². The minimum absolute atomic E-state index is 0.0127. The van der Waals surface area contributed by atoms with Crippen LogP contribution in [0.4, 0.5) is 13.2 Å². The number of aromatic amines is 3. The zero-order valence-electron chi connectivity index (χ0n) is 11.6. The van der Waals surface area contributed by atoms with Crippen molar-refractivity contribution in [1.82, 2.24) is 20.2 Å². The molecule has 1 aromatic carbocycles. The molecule has 6 nitrogen and oxygen atoms in total. The average Bonchev–Trinajstić information content (AvgIpc) is 2.91. The molecule has 0 unspecified atom stereocenters. The third-order valence-corrected chi connectivity index (χ3v) is 3.44. The van der Waals surface area contributed by atoms with E-state index in [2.05, 4.69) is 15.1 Å². The monoisotopic (exact) mass is 324 g/mol. The van der Waals surface area contributed by atoms with Crippen molar-refractivity contribution >= 4 is 10.9 Å². The normalized spacial score (nSPS) is 12.0. The smallest absolute Gasteiger partial charge is 0.323 e. The van der Waals surface area contributed by atoms with Crippen LogP contribution in [0, 0.1) is 0 Å². The Balaban J connectivity index is 1.82. The first-order valence-electron chi connectivity index (χ1n) is 6.69. The van der Waals surface area contributed by atoms with Crippen LogP contribution in [0.5, 0.6) is 0 Å². The zero-order valence-corrected chi connectivity index (χ0v) is 11.6. The van der Waals surface area contributed by atoms with Gasteiger partial charge in [0, 0.05) is 17.3 Å². The molecular formula is C14H11F3N4O2. The Morgan fingerprint density at radius 1 is 1.09 bits per heavy atom. The maximum Gasteiger partial charge on any atom is 0.433 e. The topological polar surface area (TPSA) is 94.4 Å². The molecule has 0 aliphatic carbocycles. The van der Waals surface area contributed by atoms with Crippen LogP contribution in [-0.2, 0) is 19.0 Å². The number of hydrogen-bond donors (Lipinski definition) is 3. The van der Waals surface area contributed by atoms with Crippen molar-refractivity contribution < 1.29 is 13.2 Å².